The van der Waals surface area contributed by atoms with Crippen LogP contribution in [0.4, 0.5) is 4.79 Å². The van der Waals surface area contributed by atoms with Crippen LogP contribution >= 0.6 is 0 Å². The highest BCUT2D eigenvalue weighted by Gasteiger charge is 2.22. The molecule has 0 atom stereocenters. The predicted molar refractivity (Wildman–Crippen MR) is 87.4 cm³/mol. The SMILES string of the molecule is CC(C)(C)OC(=O)OC(C)(C)C.O=C(O)c1ccccc1C(=O)O. The van der Waals surface area contributed by atoms with E-state index in [0.717, 1.165) is 0 Å². The lowest BCUT2D eigenvalue weighted by Gasteiger charge is -2.24. The molecule has 0 saturated heterocycles. The maximum atomic E-state index is 11.0. The molecule has 0 unspecified atom stereocenters. The Bertz CT molecular complexity index is 541. The molecule has 0 spiro atoms. The fraction of sp³-hybridized carbons (Fsp3) is 0.471. The average molecular weight is 340 g/mol. The van der Waals surface area contributed by atoms with Crippen LogP contribution in [-0.4, -0.2) is 39.5 Å². The fourth-order valence-electron chi connectivity index (χ4n) is 1.38. The van der Waals surface area contributed by atoms with E-state index in [9.17, 15) is 14.4 Å². The zero-order valence-electron chi connectivity index (χ0n) is 14.7. The topological polar surface area (TPSA) is 110 Å². The highest BCUT2D eigenvalue weighted by Crippen LogP contribution is 2.13. The Morgan fingerprint density at radius 3 is 1.25 bits per heavy atom. The van der Waals surface area contributed by atoms with Gasteiger partial charge in [0.1, 0.15) is 11.2 Å². The molecule has 0 aliphatic carbocycles. The number of carbonyl (C=O) groups is 3. The smallest absolute Gasteiger partial charge is 0.478 e. The first kappa shape index (κ1) is 21.4. The van der Waals surface area contributed by atoms with Crippen molar-refractivity contribution in [3.05, 3.63) is 35.4 Å². The first-order chi connectivity index (χ1) is 10.7. The molecule has 0 aliphatic heterocycles. The van der Waals surface area contributed by atoms with Crippen molar-refractivity contribution in [2.75, 3.05) is 0 Å². The van der Waals surface area contributed by atoms with Crippen molar-refractivity contribution in [1.82, 2.24) is 0 Å². The van der Waals surface area contributed by atoms with Crippen LogP contribution in [-0.2, 0) is 9.47 Å². The molecule has 0 heterocycles. The number of hydrogen-bond donors (Lipinski definition) is 2. The van der Waals surface area contributed by atoms with E-state index in [1.165, 1.54) is 24.3 Å². The van der Waals surface area contributed by atoms with Crippen LogP contribution in [0, 0.1) is 0 Å². The van der Waals surface area contributed by atoms with E-state index in [0.29, 0.717) is 0 Å². The van der Waals surface area contributed by atoms with Crippen LogP contribution in [0.2, 0.25) is 0 Å². The number of carboxylic acid groups (broad SMARTS) is 2. The Hall–Kier alpha value is -2.57. The number of hydrogen-bond acceptors (Lipinski definition) is 5. The minimum absolute atomic E-state index is 0.190. The standard InChI is InChI=1S/C9H18O3.C8H6O4/c1-8(2,3)11-7(10)12-9(4,5)6;9-7(10)5-3-1-2-4-6(5)8(11)12/h1-6H3;1-4H,(H,9,10)(H,11,12). The number of carbonyl (C=O) groups excluding carboxylic acids is 1. The number of rotatable bonds is 2. The second-order valence-electron chi connectivity index (χ2n) is 6.83. The number of benzene rings is 1. The van der Waals surface area contributed by atoms with Crippen LogP contribution in [0.25, 0.3) is 0 Å². The van der Waals surface area contributed by atoms with Crippen LogP contribution in [0.15, 0.2) is 24.3 Å². The molecule has 0 saturated carbocycles. The molecule has 0 aromatic heterocycles. The van der Waals surface area contributed by atoms with Gasteiger partial charge in [-0.2, -0.15) is 0 Å². The Kier molecular flexibility index (Phi) is 7.44. The number of aromatic carboxylic acids is 2. The third-order valence-corrected chi connectivity index (χ3v) is 2.17. The van der Waals surface area contributed by atoms with E-state index >= 15 is 0 Å². The van der Waals surface area contributed by atoms with E-state index < -0.39 is 29.3 Å². The molecular weight excluding hydrogens is 316 g/mol. The van der Waals surface area contributed by atoms with E-state index in [-0.39, 0.29) is 11.1 Å². The van der Waals surface area contributed by atoms with Crippen molar-refractivity contribution in [1.29, 1.82) is 0 Å². The minimum atomic E-state index is -1.23. The Morgan fingerprint density at radius 2 is 1.04 bits per heavy atom. The summed E-state index contributed by atoms with van der Waals surface area (Å²) in [5.41, 5.74) is -1.35. The molecular formula is C17H24O7. The van der Waals surface area contributed by atoms with Gasteiger partial charge in [-0.25, -0.2) is 14.4 Å². The monoisotopic (exact) mass is 340 g/mol. The van der Waals surface area contributed by atoms with Gasteiger partial charge in [0, 0.05) is 0 Å². The Labute approximate surface area is 141 Å². The summed E-state index contributed by atoms with van der Waals surface area (Å²) in [4.78, 5) is 32.0. The summed E-state index contributed by atoms with van der Waals surface area (Å²) in [5, 5.41) is 17.1. The van der Waals surface area contributed by atoms with Gasteiger partial charge in [0.15, 0.2) is 0 Å². The molecule has 1 aromatic carbocycles. The summed E-state index contributed by atoms with van der Waals surface area (Å²) in [6.07, 6.45) is -0.616. The molecule has 2 N–H and O–H groups in total. The zero-order valence-corrected chi connectivity index (χ0v) is 14.7. The van der Waals surface area contributed by atoms with Crippen LogP contribution < -0.4 is 0 Å². The summed E-state index contributed by atoms with van der Waals surface area (Å²) in [7, 11) is 0. The summed E-state index contributed by atoms with van der Waals surface area (Å²) in [6.45, 7) is 10.8. The first-order valence-electron chi connectivity index (χ1n) is 7.20. The molecule has 1 aromatic rings. The molecule has 134 valence electrons. The lowest BCUT2D eigenvalue weighted by atomic mass is 10.1. The van der Waals surface area contributed by atoms with E-state index in [4.69, 9.17) is 19.7 Å². The molecule has 24 heavy (non-hydrogen) atoms. The normalized spacial score (nSPS) is 10.9. The van der Waals surface area contributed by atoms with Gasteiger partial charge in [-0.1, -0.05) is 12.1 Å². The highest BCUT2D eigenvalue weighted by molar-refractivity contribution is 6.01. The number of ether oxygens (including phenoxy) is 2. The Morgan fingerprint density at radius 1 is 0.750 bits per heavy atom. The fourth-order valence-corrected chi connectivity index (χ4v) is 1.38. The van der Waals surface area contributed by atoms with Crippen LogP contribution in [0.1, 0.15) is 62.3 Å². The van der Waals surface area contributed by atoms with Crippen molar-refractivity contribution in [3.63, 3.8) is 0 Å². The van der Waals surface area contributed by atoms with Crippen molar-refractivity contribution in [2.45, 2.75) is 52.7 Å². The van der Waals surface area contributed by atoms with Gasteiger partial charge in [-0.3, -0.25) is 0 Å². The molecule has 0 fully saturated rings. The summed E-state index contributed by atoms with van der Waals surface area (Å²) in [5.74, 6) is -2.46. The predicted octanol–water partition coefficient (Wildman–Crippen LogP) is 3.82. The molecule has 0 bridgehead atoms. The lowest BCUT2D eigenvalue weighted by molar-refractivity contribution is -0.0468. The van der Waals surface area contributed by atoms with Gasteiger partial charge in [0.2, 0.25) is 0 Å². The highest BCUT2D eigenvalue weighted by atomic mass is 16.7. The summed E-state index contributed by atoms with van der Waals surface area (Å²) in [6, 6.07) is 5.48. The van der Waals surface area contributed by atoms with Crippen molar-refractivity contribution < 1.29 is 34.1 Å². The summed E-state index contributed by atoms with van der Waals surface area (Å²) < 4.78 is 9.91. The molecule has 7 nitrogen and oxygen atoms in total. The zero-order chi connectivity index (χ0) is 19.1. The molecule has 0 radical (unpaired) electrons. The van der Waals surface area contributed by atoms with Gasteiger partial charge in [0.05, 0.1) is 11.1 Å². The number of carboxylic acids is 2. The van der Waals surface area contributed by atoms with Gasteiger partial charge < -0.3 is 19.7 Å². The molecule has 0 aliphatic rings. The van der Waals surface area contributed by atoms with Gasteiger partial charge in [0.25, 0.3) is 0 Å². The quantitative estimate of drug-likeness (QED) is 0.787. The van der Waals surface area contributed by atoms with E-state index in [1.807, 2.05) is 0 Å². The Balaban J connectivity index is 0.000000441. The maximum absolute atomic E-state index is 11.0. The lowest BCUT2D eigenvalue weighted by Crippen LogP contribution is -2.30. The second-order valence-corrected chi connectivity index (χ2v) is 6.83. The van der Waals surface area contributed by atoms with Crippen molar-refractivity contribution in [3.8, 4) is 0 Å². The second kappa shape index (κ2) is 8.33. The van der Waals surface area contributed by atoms with E-state index in [1.54, 1.807) is 41.5 Å². The third kappa shape index (κ3) is 9.45. The minimum Gasteiger partial charge on any atom is -0.478 e. The van der Waals surface area contributed by atoms with Gasteiger partial charge in [-0.15, -0.1) is 0 Å². The van der Waals surface area contributed by atoms with Crippen molar-refractivity contribution in [2.24, 2.45) is 0 Å². The molecule has 1 rings (SSSR count). The molecule has 0 amide bonds. The van der Waals surface area contributed by atoms with E-state index in [2.05, 4.69) is 0 Å². The van der Waals surface area contributed by atoms with Gasteiger partial charge in [-0.05, 0) is 53.7 Å². The van der Waals surface area contributed by atoms with Gasteiger partial charge >= 0.3 is 18.1 Å². The first-order valence-corrected chi connectivity index (χ1v) is 7.20. The van der Waals surface area contributed by atoms with Crippen molar-refractivity contribution >= 4 is 18.1 Å². The van der Waals surface area contributed by atoms with Crippen LogP contribution in [0.5, 0.6) is 0 Å². The average Bonchev–Trinajstić information content (AvgIpc) is 2.34. The molecule has 7 heteroatoms. The largest absolute Gasteiger partial charge is 0.509 e. The van der Waals surface area contributed by atoms with Crippen LogP contribution in [0.3, 0.4) is 0 Å². The maximum Gasteiger partial charge on any atom is 0.509 e. The summed E-state index contributed by atoms with van der Waals surface area (Å²) >= 11 is 0. The third-order valence-electron chi connectivity index (χ3n) is 2.17.